The molecule has 0 spiro atoms. The number of ether oxygens (including phenoxy) is 1. The summed E-state index contributed by atoms with van der Waals surface area (Å²) in [4.78, 5) is 14.0. The van der Waals surface area contributed by atoms with Crippen LogP contribution < -0.4 is 15.8 Å². The van der Waals surface area contributed by atoms with Crippen molar-refractivity contribution in [1.29, 1.82) is 0 Å². The Balaban J connectivity index is 1.54. The van der Waals surface area contributed by atoms with Gasteiger partial charge in [0.15, 0.2) is 5.82 Å². The molecule has 3 N–H and O–H groups in total. The summed E-state index contributed by atoms with van der Waals surface area (Å²) in [5.74, 6) is 1.87. The van der Waals surface area contributed by atoms with Crippen molar-refractivity contribution in [1.82, 2.24) is 35.2 Å². The van der Waals surface area contributed by atoms with Gasteiger partial charge in [-0.2, -0.15) is 19.7 Å². The average Bonchev–Trinajstić information content (AvgIpc) is 3.17. The van der Waals surface area contributed by atoms with Gasteiger partial charge in [0.1, 0.15) is 12.3 Å². The third kappa shape index (κ3) is 4.38. The fourth-order valence-electron chi connectivity index (χ4n) is 2.58. The minimum absolute atomic E-state index is 0.0745. The van der Waals surface area contributed by atoms with Crippen LogP contribution in [0.4, 0.5) is 17.6 Å². The maximum absolute atomic E-state index is 5.91. The summed E-state index contributed by atoms with van der Waals surface area (Å²) >= 11 is 5.91. The normalized spacial score (nSPS) is 10.7. The second-order valence-electron chi connectivity index (χ2n) is 5.91. The summed E-state index contributed by atoms with van der Waals surface area (Å²) < 4.78 is 5.32. The standard InChI is InChI=1S/C18H16ClN9O/c1-29-14-5-3-2-4-13(14)21-18-23-15(22-17(20)24-18)10-28-26-16(25-27-28)11-6-8-12(19)9-7-11/h2-9H,10H2,1H3,(H3,20,21,22,23,24). The van der Waals surface area contributed by atoms with Crippen LogP contribution in [-0.4, -0.2) is 42.3 Å². The number of halogens is 1. The van der Waals surface area contributed by atoms with Gasteiger partial charge in [0, 0.05) is 10.6 Å². The Kier molecular flexibility index (Phi) is 5.16. The SMILES string of the molecule is COc1ccccc1Nc1nc(N)nc(Cn2nnc(-c3ccc(Cl)cc3)n2)n1. The lowest BCUT2D eigenvalue weighted by molar-refractivity contribution is 0.417. The van der Waals surface area contributed by atoms with Gasteiger partial charge in [-0.05, 0) is 41.6 Å². The van der Waals surface area contributed by atoms with Crippen LogP contribution in [0.1, 0.15) is 5.82 Å². The van der Waals surface area contributed by atoms with Crippen molar-refractivity contribution in [3.63, 3.8) is 0 Å². The van der Waals surface area contributed by atoms with E-state index >= 15 is 0 Å². The predicted octanol–water partition coefficient (Wildman–Crippen LogP) is 2.56. The van der Waals surface area contributed by atoms with Gasteiger partial charge in [-0.3, -0.25) is 0 Å². The molecule has 0 aliphatic heterocycles. The Morgan fingerprint density at radius 1 is 1.07 bits per heavy atom. The predicted molar refractivity (Wildman–Crippen MR) is 108 cm³/mol. The number of nitrogens with two attached hydrogens (primary N) is 1. The number of tetrazole rings is 1. The Morgan fingerprint density at radius 3 is 2.66 bits per heavy atom. The van der Waals surface area contributed by atoms with Gasteiger partial charge in [0.25, 0.3) is 0 Å². The molecule has 0 aliphatic rings. The van der Waals surface area contributed by atoms with Crippen molar-refractivity contribution in [3.8, 4) is 17.1 Å². The lowest BCUT2D eigenvalue weighted by Gasteiger charge is -2.10. The fraction of sp³-hybridized carbons (Fsp3) is 0.111. The lowest BCUT2D eigenvalue weighted by Crippen LogP contribution is -2.12. The third-order valence-corrected chi connectivity index (χ3v) is 4.14. The molecule has 0 saturated heterocycles. The number of para-hydroxylation sites is 2. The van der Waals surface area contributed by atoms with Crippen molar-refractivity contribution in [2.45, 2.75) is 6.54 Å². The smallest absolute Gasteiger partial charge is 0.232 e. The van der Waals surface area contributed by atoms with Crippen LogP contribution in [0.5, 0.6) is 5.75 Å². The van der Waals surface area contributed by atoms with E-state index in [0.717, 1.165) is 5.56 Å². The highest BCUT2D eigenvalue weighted by Crippen LogP contribution is 2.25. The highest BCUT2D eigenvalue weighted by Gasteiger charge is 2.11. The molecule has 0 bridgehead atoms. The minimum Gasteiger partial charge on any atom is -0.495 e. The van der Waals surface area contributed by atoms with E-state index in [1.807, 2.05) is 36.4 Å². The first kappa shape index (κ1) is 18.6. The van der Waals surface area contributed by atoms with E-state index in [1.165, 1.54) is 4.80 Å². The summed E-state index contributed by atoms with van der Waals surface area (Å²) in [6, 6.07) is 14.6. The zero-order valence-electron chi connectivity index (χ0n) is 15.3. The highest BCUT2D eigenvalue weighted by molar-refractivity contribution is 6.30. The van der Waals surface area contributed by atoms with Crippen molar-refractivity contribution in [2.75, 3.05) is 18.2 Å². The van der Waals surface area contributed by atoms with E-state index in [9.17, 15) is 0 Å². The first-order valence-electron chi connectivity index (χ1n) is 8.55. The minimum atomic E-state index is 0.0745. The molecule has 0 amide bonds. The number of hydrogen-bond acceptors (Lipinski definition) is 9. The van der Waals surface area contributed by atoms with Crippen LogP contribution in [0, 0.1) is 0 Å². The molecule has 0 saturated carbocycles. The van der Waals surface area contributed by atoms with E-state index in [-0.39, 0.29) is 18.4 Å². The molecule has 0 unspecified atom stereocenters. The van der Waals surface area contributed by atoms with Crippen molar-refractivity contribution >= 4 is 29.2 Å². The number of nitrogens with zero attached hydrogens (tertiary/aromatic N) is 7. The summed E-state index contributed by atoms with van der Waals surface area (Å²) in [5, 5.41) is 16.2. The van der Waals surface area contributed by atoms with Gasteiger partial charge in [-0.1, -0.05) is 23.7 Å². The molecule has 0 radical (unpaired) electrons. The number of nitrogen functional groups attached to an aromatic ring is 1. The summed E-state index contributed by atoms with van der Waals surface area (Å²) in [5.41, 5.74) is 7.34. The van der Waals surface area contributed by atoms with Crippen molar-refractivity contribution < 1.29 is 4.74 Å². The van der Waals surface area contributed by atoms with Crippen LogP contribution >= 0.6 is 11.6 Å². The molecule has 2 heterocycles. The number of aromatic nitrogens is 7. The van der Waals surface area contributed by atoms with Crippen molar-refractivity contribution in [2.24, 2.45) is 0 Å². The van der Waals surface area contributed by atoms with Gasteiger partial charge in [-0.25, -0.2) is 0 Å². The van der Waals surface area contributed by atoms with Gasteiger partial charge < -0.3 is 15.8 Å². The van der Waals surface area contributed by atoms with Crippen LogP contribution in [0.15, 0.2) is 48.5 Å². The van der Waals surface area contributed by atoms with Crippen LogP contribution in [-0.2, 0) is 6.54 Å². The number of rotatable bonds is 6. The number of benzene rings is 2. The van der Waals surface area contributed by atoms with Crippen molar-refractivity contribution in [3.05, 3.63) is 59.4 Å². The Bertz CT molecular complexity index is 1130. The quantitative estimate of drug-likeness (QED) is 0.493. The second-order valence-corrected chi connectivity index (χ2v) is 6.35. The molecular formula is C18H16ClN9O. The summed E-state index contributed by atoms with van der Waals surface area (Å²) in [7, 11) is 1.59. The van der Waals surface area contributed by atoms with Crippen LogP contribution in [0.25, 0.3) is 11.4 Å². The monoisotopic (exact) mass is 409 g/mol. The van der Waals surface area contributed by atoms with Gasteiger partial charge in [-0.15, -0.1) is 10.2 Å². The topological polar surface area (TPSA) is 130 Å². The number of methoxy groups -OCH3 is 1. The molecule has 0 fully saturated rings. The maximum atomic E-state index is 5.91. The molecule has 4 aromatic rings. The lowest BCUT2D eigenvalue weighted by atomic mass is 10.2. The molecule has 4 rings (SSSR count). The molecule has 2 aromatic carbocycles. The van der Waals surface area contributed by atoms with E-state index in [2.05, 4.69) is 35.7 Å². The molecule has 11 heteroatoms. The highest BCUT2D eigenvalue weighted by atomic mass is 35.5. The number of hydrogen-bond donors (Lipinski definition) is 2. The maximum Gasteiger partial charge on any atom is 0.232 e. The Labute approximate surface area is 170 Å². The number of anilines is 3. The Hall–Kier alpha value is -3.79. The van der Waals surface area contributed by atoms with Crippen LogP contribution in [0.3, 0.4) is 0 Å². The molecule has 0 aliphatic carbocycles. The second kappa shape index (κ2) is 8.07. The fourth-order valence-corrected chi connectivity index (χ4v) is 2.71. The molecule has 10 nitrogen and oxygen atoms in total. The largest absolute Gasteiger partial charge is 0.495 e. The summed E-state index contributed by atoms with van der Waals surface area (Å²) in [6.45, 7) is 0.175. The zero-order valence-corrected chi connectivity index (χ0v) is 16.1. The third-order valence-electron chi connectivity index (χ3n) is 3.89. The first-order valence-corrected chi connectivity index (χ1v) is 8.93. The van der Waals surface area contributed by atoms with Gasteiger partial charge >= 0.3 is 0 Å². The van der Waals surface area contributed by atoms with Crippen LogP contribution in [0.2, 0.25) is 5.02 Å². The summed E-state index contributed by atoms with van der Waals surface area (Å²) in [6.07, 6.45) is 0. The molecule has 29 heavy (non-hydrogen) atoms. The van der Waals surface area contributed by atoms with E-state index in [0.29, 0.717) is 28.1 Å². The van der Waals surface area contributed by atoms with E-state index in [1.54, 1.807) is 19.2 Å². The van der Waals surface area contributed by atoms with Gasteiger partial charge in [0.2, 0.25) is 17.7 Å². The van der Waals surface area contributed by atoms with Gasteiger partial charge in [0.05, 0.1) is 12.8 Å². The molecule has 2 aromatic heterocycles. The molecular weight excluding hydrogens is 394 g/mol. The molecule has 0 atom stereocenters. The Morgan fingerprint density at radius 2 is 1.86 bits per heavy atom. The zero-order chi connectivity index (χ0) is 20.2. The van der Waals surface area contributed by atoms with E-state index < -0.39 is 0 Å². The number of nitrogens with one attached hydrogen (secondary N) is 1. The first-order chi connectivity index (χ1) is 14.1. The molecule has 146 valence electrons. The average molecular weight is 410 g/mol. The van der Waals surface area contributed by atoms with E-state index in [4.69, 9.17) is 22.1 Å².